The number of hydrogen-bond donors (Lipinski definition) is 8. The van der Waals surface area contributed by atoms with E-state index < -0.39 is 127 Å². The van der Waals surface area contributed by atoms with Crippen LogP contribution in [-0.4, -0.2) is 218 Å². The Balaban J connectivity index is 1.27. The Bertz CT molecular complexity index is 2700. The Labute approximate surface area is 518 Å². The Morgan fingerprint density at radius 2 is 1.57 bits per heavy atom. The van der Waals surface area contributed by atoms with E-state index >= 15 is 0 Å². The summed E-state index contributed by atoms with van der Waals surface area (Å²) in [5, 5.41) is 62.6. The van der Waals surface area contributed by atoms with E-state index in [1.54, 1.807) is 54.7 Å². The van der Waals surface area contributed by atoms with Gasteiger partial charge in [0.2, 0.25) is 17.2 Å². The van der Waals surface area contributed by atoms with Crippen LogP contribution in [0.3, 0.4) is 0 Å². The molecule has 5 aliphatic rings. The number of nitrogens with one attached hydrogen (secondary N) is 3. The number of alkyl carbamates (subject to hydrolysis) is 1. The quantitative estimate of drug-likeness (QED) is 0.0333. The largest absolute Gasteiger partial charge is 0.492 e. The number of hydrogen-bond acceptors (Lipinski definition) is 27. The molecule has 0 spiro atoms. The number of benzene rings is 1. The van der Waals surface area contributed by atoms with Crippen LogP contribution in [0.4, 0.5) is 4.79 Å². The molecule has 8 N–H and O–H groups in total. The van der Waals surface area contributed by atoms with Crippen LogP contribution in [0, 0.1) is 37.5 Å². The maximum absolute atomic E-state index is 14.5. The Morgan fingerprint density at radius 1 is 0.860 bits per heavy atom. The summed E-state index contributed by atoms with van der Waals surface area (Å²) in [6.07, 6.45) is -11.7. The van der Waals surface area contributed by atoms with E-state index in [4.69, 9.17) is 61.7 Å². The number of carbonyl (C=O) groups is 3. The molecular formula is C58H83N3O21S4. The number of hydroxylamine groups is 1. The molecule has 0 bridgehead atoms. The van der Waals surface area contributed by atoms with Gasteiger partial charge in [0.1, 0.15) is 36.6 Å². The third-order valence-corrected chi connectivity index (χ3v) is 20.3. The fraction of sp³-hybridized carbons (Fsp3) is 0.672. The minimum Gasteiger partial charge on any atom is -0.492 e. The molecule has 1 aromatic rings. The number of thioether (sulfide) groups is 1. The predicted molar refractivity (Wildman–Crippen MR) is 323 cm³/mol. The number of carbonyl (C=O) groups excluding carboxylic acids is 3. The highest BCUT2D eigenvalue weighted by atomic mass is 33.5. The Morgan fingerprint density at radius 3 is 2.21 bits per heavy atom. The number of rotatable bonds is 23. The fourth-order valence-electron chi connectivity index (χ4n) is 10.7. The zero-order chi connectivity index (χ0) is 63.2. The normalized spacial score (nSPS) is 34.0. The minimum atomic E-state index is -1.77. The number of amides is 1. The maximum Gasteiger partial charge on any atom is 0.411 e. The monoisotopic (exact) mass is 1290 g/mol. The van der Waals surface area contributed by atoms with Crippen molar-refractivity contribution in [2.75, 3.05) is 60.7 Å². The second-order valence-corrected chi connectivity index (χ2v) is 26.5. The van der Waals surface area contributed by atoms with Crippen molar-refractivity contribution in [3.05, 3.63) is 51.8 Å². The molecule has 480 valence electrons. The molecule has 2 unspecified atom stereocenters. The van der Waals surface area contributed by atoms with E-state index in [1.807, 2.05) is 13.2 Å². The van der Waals surface area contributed by atoms with Gasteiger partial charge in [0, 0.05) is 44.8 Å². The van der Waals surface area contributed by atoms with Crippen molar-refractivity contribution in [2.24, 2.45) is 0 Å². The summed E-state index contributed by atoms with van der Waals surface area (Å²) in [6.45, 7) is 14.3. The second-order valence-electron chi connectivity index (χ2n) is 20.9. The van der Waals surface area contributed by atoms with Gasteiger partial charge in [0.15, 0.2) is 36.2 Å². The number of ketones is 1. The zero-order valence-corrected chi connectivity index (χ0v) is 54.0. The molecule has 0 saturated carbocycles. The molecule has 4 saturated heterocycles. The highest BCUT2D eigenvalue weighted by Crippen LogP contribution is 2.48. The van der Waals surface area contributed by atoms with Gasteiger partial charge in [-0.15, -0.1) is 5.92 Å². The number of allylic oxidation sites excluding steroid dienone is 3. The van der Waals surface area contributed by atoms with Crippen LogP contribution in [0.15, 0.2) is 35.1 Å². The van der Waals surface area contributed by atoms with Crippen molar-refractivity contribution >= 4 is 60.2 Å². The lowest BCUT2D eigenvalue weighted by Gasteiger charge is -2.46. The standard InChI is InChI=1S/C58H83N3O21S4/c1-15-17-18-19-20-21-37(42-33(22-23-84-86-83-14)58(8,69)26-36(63)44(42)60-57(68)74-13)79-56-51(80-39-25-38(70-9)34(27-75-39)59-16-2)46(65)43(30(5)77-56)61-82-40-24-35(62)53(32(7)76-40)85-54(67)41-28(3)29(4)48(52(73-12)49(41)71-10)81-55-47(66)50(72-11)45(64)31(6)78-55/h18-19,22,30-32,34-35,37-40,43,45-47,50-51,53,55-56,59,61-62,64-66,69H,16,23-27H2,1-14H3,(H,60,68)/b19-18-,33-22+/t30-,31+,32-,34+,35?,37+,38+,39+,40+,43-,45+,46+,47-,50-,51-,53?,55+,56+,58+/m1/s1. The summed E-state index contributed by atoms with van der Waals surface area (Å²) in [5.74, 6) is 11.4. The molecule has 0 aromatic heterocycles. The second kappa shape index (κ2) is 33.4. The van der Waals surface area contributed by atoms with Crippen molar-refractivity contribution in [3.63, 3.8) is 0 Å². The molecule has 1 amide bonds. The van der Waals surface area contributed by atoms with Crippen LogP contribution in [0.2, 0.25) is 0 Å². The number of ether oxygens (including phenoxy) is 12. The molecule has 1 aliphatic carbocycles. The van der Waals surface area contributed by atoms with Gasteiger partial charge in [-0.1, -0.05) is 64.1 Å². The topological polar surface area (TPSA) is 308 Å². The van der Waals surface area contributed by atoms with Gasteiger partial charge in [-0.3, -0.25) is 19.7 Å². The molecule has 28 heteroatoms. The van der Waals surface area contributed by atoms with Crippen LogP contribution >= 0.6 is 43.2 Å². The van der Waals surface area contributed by atoms with Gasteiger partial charge in [-0.25, -0.2) is 4.79 Å². The first-order valence-electron chi connectivity index (χ1n) is 27.9. The number of aliphatic hydroxyl groups is 5. The molecule has 19 atom stereocenters. The number of likely N-dealkylation sites (N-methyl/N-ethyl adjacent to an activating group) is 1. The van der Waals surface area contributed by atoms with E-state index in [2.05, 4.69) is 39.8 Å². The van der Waals surface area contributed by atoms with Gasteiger partial charge in [-0.2, -0.15) is 5.48 Å². The summed E-state index contributed by atoms with van der Waals surface area (Å²) in [4.78, 5) is 47.6. The fourth-order valence-corrected chi connectivity index (χ4v) is 14.2. The summed E-state index contributed by atoms with van der Waals surface area (Å²) < 4.78 is 72.3. The summed E-state index contributed by atoms with van der Waals surface area (Å²) >= 11 is 0.832. The molecule has 4 heterocycles. The van der Waals surface area contributed by atoms with E-state index in [0.717, 1.165) is 18.9 Å². The minimum absolute atomic E-state index is 0.0153. The van der Waals surface area contributed by atoms with Crippen LogP contribution in [0.1, 0.15) is 82.3 Å². The smallest absolute Gasteiger partial charge is 0.411 e. The van der Waals surface area contributed by atoms with Crippen molar-refractivity contribution in [2.45, 2.75) is 190 Å². The van der Waals surface area contributed by atoms with Gasteiger partial charge in [0.05, 0.1) is 92.7 Å². The van der Waals surface area contributed by atoms with E-state index in [0.29, 0.717) is 23.4 Å². The molecule has 4 fully saturated rings. The molecule has 1 aromatic carbocycles. The van der Waals surface area contributed by atoms with Crippen LogP contribution < -0.4 is 30.3 Å². The average molecular weight is 1290 g/mol. The van der Waals surface area contributed by atoms with Gasteiger partial charge in [0.25, 0.3) is 0 Å². The molecule has 86 heavy (non-hydrogen) atoms. The van der Waals surface area contributed by atoms with Crippen LogP contribution in [0.25, 0.3) is 0 Å². The summed E-state index contributed by atoms with van der Waals surface area (Å²) in [7, 11) is 11.3. The number of aliphatic hydroxyl groups excluding tert-OH is 4. The van der Waals surface area contributed by atoms with Crippen molar-refractivity contribution < 1.29 is 102 Å². The molecule has 4 aliphatic heterocycles. The van der Waals surface area contributed by atoms with Gasteiger partial charge >= 0.3 is 6.09 Å². The van der Waals surface area contributed by atoms with E-state index in [9.17, 15) is 39.9 Å². The van der Waals surface area contributed by atoms with Crippen molar-refractivity contribution in [1.29, 1.82) is 0 Å². The first-order valence-corrected chi connectivity index (χ1v) is 32.9. The van der Waals surface area contributed by atoms with Gasteiger partial charge in [-0.05, 0) is 99.9 Å². The third-order valence-electron chi connectivity index (χ3n) is 15.2. The molecule has 6 rings (SSSR count). The highest BCUT2D eigenvalue weighted by molar-refractivity contribution is 9.09. The Kier molecular flexibility index (Phi) is 27.7. The first kappa shape index (κ1) is 71.4. The Hall–Kier alpha value is -3.67. The zero-order valence-electron chi connectivity index (χ0n) is 50.8. The maximum atomic E-state index is 14.5. The summed E-state index contributed by atoms with van der Waals surface area (Å²) in [6, 6.07) is -1.28. The van der Waals surface area contributed by atoms with E-state index in [1.165, 1.54) is 71.8 Å². The van der Waals surface area contributed by atoms with Crippen molar-refractivity contribution in [1.82, 2.24) is 16.1 Å². The average Bonchev–Trinajstić information content (AvgIpc) is 0.989. The lowest BCUT2D eigenvalue weighted by Crippen LogP contribution is -2.65. The highest BCUT2D eigenvalue weighted by Gasteiger charge is 2.51. The van der Waals surface area contributed by atoms with Crippen LogP contribution in [-0.2, 0) is 52.3 Å². The predicted octanol–water partition coefficient (Wildman–Crippen LogP) is 3.93. The van der Waals surface area contributed by atoms with Crippen molar-refractivity contribution in [3.8, 4) is 40.9 Å². The molecular weight excluding hydrogens is 1200 g/mol. The summed E-state index contributed by atoms with van der Waals surface area (Å²) in [5.41, 5.74) is 2.20. The molecule has 24 nitrogen and oxygen atoms in total. The van der Waals surface area contributed by atoms with Crippen LogP contribution in [0.5, 0.6) is 17.2 Å². The molecule has 0 radical (unpaired) electrons. The van der Waals surface area contributed by atoms with E-state index in [-0.39, 0.29) is 71.2 Å². The lowest BCUT2D eigenvalue weighted by atomic mass is 9.76. The third kappa shape index (κ3) is 17.2. The SMILES string of the molecule is CC#C/C=C\C#C[C@H](O[C@@H]1O[C@H](C)[C@@H](NO[C@H]2CC(O)C(SC(=O)c3c(C)c(C)c(O[C@@H]4O[C@@H](C)[C@H](O)[C@@H](OC)[C@H]4O)c(OC)c3OC)[C@@H](C)O2)[C@H](O)[C@H]1O[C@H]1C[C@H](OC)[C@@H](NCC)CO1)C1=C(NC(=O)OC)C(=O)C[C@](C)(O)/C1=C/CSSSC. The number of methoxy groups -OCH3 is 5. The number of Topliss-reactive ketones (excluding diaryl/α,β-unsaturated/α-hetero) is 1. The first-order chi connectivity index (χ1) is 41.0. The lowest BCUT2D eigenvalue weighted by molar-refractivity contribution is -0.336. The van der Waals surface area contributed by atoms with Gasteiger partial charge < -0.3 is 87.7 Å².